The zero-order valence-corrected chi connectivity index (χ0v) is 9.28. The third kappa shape index (κ3) is 3.51. The van der Waals surface area contributed by atoms with Gasteiger partial charge in [-0.1, -0.05) is 12.1 Å². The first-order chi connectivity index (χ1) is 6.35. The molecule has 0 aliphatic rings. The quantitative estimate of drug-likeness (QED) is 0.223. The van der Waals surface area contributed by atoms with E-state index in [0.717, 1.165) is 0 Å². The Kier molecular flexibility index (Phi) is 4.87. The van der Waals surface area contributed by atoms with Crippen LogP contribution in [0.5, 0.6) is 0 Å². The molecule has 0 aliphatic carbocycles. The van der Waals surface area contributed by atoms with Gasteiger partial charge in [-0.25, -0.2) is 0 Å². The summed E-state index contributed by atoms with van der Waals surface area (Å²) in [7, 11) is 0. The van der Waals surface area contributed by atoms with E-state index in [-0.39, 0.29) is 11.9 Å². The monoisotopic (exact) mass is 203 g/mol. The molecule has 0 fully saturated rings. The maximum absolute atomic E-state index is 9.47. The van der Waals surface area contributed by atoms with Crippen molar-refractivity contribution in [3.05, 3.63) is 0 Å². The number of amidine groups is 1. The number of hydrogen-bond acceptors (Lipinski definition) is 4. The summed E-state index contributed by atoms with van der Waals surface area (Å²) in [6.07, 6.45) is 0.189. The van der Waals surface area contributed by atoms with E-state index in [1.54, 1.807) is 6.92 Å². The molecule has 2 atom stereocenters. The second-order valence-corrected chi connectivity index (χ2v) is 4.03. The van der Waals surface area contributed by atoms with Crippen LogP contribution < -0.4 is 11.1 Å². The molecule has 0 aromatic rings. The molecule has 5 N–H and O–H groups in total. The van der Waals surface area contributed by atoms with E-state index in [9.17, 15) is 5.11 Å². The van der Waals surface area contributed by atoms with Gasteiger partial charge in [0.1, 0.15) is 0 Å². The smallest absolute Gasteiger partial charge is 0.156 e. The molecule has 2 unspecified atom stereocenters. The van der Waals surface area contributed by atoms with E-state index >= 15 is 0 Å². The summed E-state index contributed by atoms with van der Waals surface area (Å²) >= 11 is 0. The number of nitrogens with one attached hydrogen (secondary N) is 1. The van der Waals surface area contributed by atoms with Gasteiger partial charge in [-0.15, -0.1) is 0 Å². The molecule has 84 valence electrons. The van der Waals surface area contributed by atoms with Crippen molar-refractivity contribution in [2.75, 3.05) is 0 Å². The van der Waals surface area contributed by atoms with Crippen molar-refractivity contribution in [3.63, 3.8) is 0 Å². The first-order valence-corrected chi connectivity index (χ1v) is 4.78. The van der Waals surface area contributed by atoms with Gasteiger partial charge >= 0.3 is 0 Å². The SMILES string of the molecule is CCC(NC(C)(C)C(C)O)C(N)=NO. The average Bonchev–Trinajstić information content (AvgIpc) is 2.12. The van der Waals surface area contributed by atoms with Gasteiger partial charge in [-0.3, -0.25) is 5.32 Å². The minimum Gasteiger partial charge on any atom is -0.409 e. The maximum Gasteiger partial charge on any atom is 0.156 e. The Morgan fingerprint density at radius 3 is 2.36 bits per heavy atom. The Balaban J connectivity index is 4.47. The van der Waals surface area contributed by atoms with Crippen LogP contribution in [-0.4, -0.2) is 33.8 Å². The number of rotatable bonds is 5. The lowest BCUT2D eigenvalue weighted by Gasteiger charge is -2.33. The highest BCUT2D eigenvalue weighted by Gasteiger charge is 2.27. The molecule has 0 aromatic heterocycles. The Morgan fingerprint density at radius 1 is 1.57 bits per heavy atom. The van der Waals surface area contributed by atoms with Crippen molar-refractivity contribution in [1.82, 2.24) is 5.32 Å². The number of nitrogens with zero attached hydrogens (tertiary/aromatic N) is 1. The standard InChI is InChI=1S/C9H21N3O2/c1-5-7(8(10)12-14)11-9(3,4)6(2)13/h6-7,11,13-14H,5H2,1-4H3,(H2,10,12). The first-order valence-electron chi connectivity index (χ1n) is 4.78. The van der Waals surface area contributed by atoms with E-state index < -0.39 is 11.6 Å². The van der Waals surface area contributed by atoms with E-state index in [0.29, 0.717) is 6.42 Å². The van der Waals surface area contributed by atoms with Crippen LogP contribution in [0.1, 0.15) is 34.1 Å². The number of hydrogen-bond donors (Lipinski definition) is 4. The molecule has 0 bridgehead atoms. The second-order valence-electron chi connectivity index (χ2n) is 4.03. The lowest BCUT2D eigenvalue weighted by atomic mass is 9.96. The Hall–Kier alpha value is -0.810. The molecular weight excluding hydrogens is 182 g/mol. The molecule has 14 heavy (non-hydrogen) atoms. The highest BCUT2D eigenvalue weighted by atomic mass is 16.4. The fourth-order valence-corrected chi connectivity index (χ4v) is 1.02. The van der Waals surface area contributed by atoms with Gasteiger partial charge in [0, 0.05) is 5.54 Å². The summed E-state index contributed by atoms with van der Waals surface area (Å²) in [6.45, 7) is 7.36. The Bertz CT molecular complexity index is 202. The summed E-state index contributed by atoms with van der Waals surface area (Å²) < 4.78 is 0. The molecule has 0 aliphatic heterocycles. The zero-order valence-electron chi connectivity index (χ0n) is 9.28. The van der Waals surface area contributed by atoms with Crippen molar-refractivity contribution >= 4 is 5.84 Å². The number of oxime groups is 1. The topological polar surface area (TPSA) is 90.9 Å². The summed E-state index contributed by atoms with van der Waals surface area (Å²) in [5.41, 5.74) is 5.03. The number of aliphatic hydroxyl groups excluding tert-OH is 1. The van der Waals surface area contributed by atoms with Gasteiger partial charge in [-0.2, -0.15) is 0 Å². The van der Waals surface area contributed by atoms with Crippen molar-refractivity contribution in [1.29, 1.82) is 0 Å². The van der Waals surface area contributed by atoms with Crippen molar-refractivity contribution in [2.45, 2.75) is 51.8 Å². The van der Waals surface area contributed by atoms with Gasteiger partial charge in [0.25, 0.3) is 0 Å². The van der Waals surface area contributed by atoms with Crippen molar-refractivity contribution in [3.8, 4) is 0 Å². The molecule has 0 radical (unpaired) electrons. The second kappa shape index (κ2) is 5.17. The predicted octanol–water partition coefficient (Wildman–Crippen LogP) is 0.260. The molecule has 0 saturated heterocycles. The van der Waals surface area contributed by atoms with Gasteiger partial charge in [0.05, 0.1) is 12.1 Å². The molecule has 0 amide bonds. The van der Waals surface area contributed by atoms with Crippen LogP contribution in [-0.2, 0) is 0 Å². The van der Waals surface area contributed by atoms with E-state index in [1.807, 2.05) is 20.8 Å². The normalized spacial score (nSPS) is 17.9. The molecule has 0 spiro atoms. The van der Waals surface area contributed by atoms with Crippen LogP contribution in [0, 0.1) is 0 Å². The summed E-state index contributed by atoms with van der Waals surface area (Å²) in [5, 5.41) is 24.1. The summed E-state index contributed by atoms with van der Waals surface area (Å²) in [5.74, 6) is 0.140. The fraction of sp³-hybridized carbons (Fsp3) is 0.889. The van der Waals surface area contributed by atoms with Crippen LogP contribution in [0.2, 0.25) is 0 Å². The molecule has 5 nitrogen and oxygen atoms in total. The lowest BCUT2D eigenvalue weighted by molar-refractivity contribution is 0.0926. The third-order valence-corrected chi connectivity index (χ3v) is 2.47. The van der Waals surface area contributed by atoms with E-state index in [4.69, 9.17) is 10.9 Å². The van der Waals surface area contributed by atoms with Gasteiger partial charge < -0.3 is 16.0 Å². The van der Waals surface area contributed by atoms with Crippen molar-refractivity contribution in [2.24, 2.45) is 10.9 Å². The van der Waals surface area contributed by atoms with Crippen LogP contribution in [0.25, 0.3) is 0 Å². The predicted molar refractivity (Wildman–Crippen MR) is 56.4 cm³/mol. The largest absolute Gasteiger partial charge is 0.409 e. The molecule has 0 aromatic carbocycles. The van der Waals surface area contributed by atoms with E-state index in [1.165, 1.54) is 0 Å². The van der Waals surface area contributed by atoms with Crippen LogP contribution in [0.4, 0.5) is 0 Å². The van der Waals surface area contributed by atoms with Gasteiger partial charge in [-0.05, 0) is 27.2 Å². The highest BCUT2D eigenvalue weighted by Crippen LogP contribution is 2.10. The summed E-state index contributed by atoms with van der Waals surface area (Å²) in [6, 6.07) is -0.218. The fourth-order valence-electron chi connectivity index (χ4n) is 1.02. The lowest BCUT2D eigenvalue weighted by Crippen LogP contribution is -2.56. The maximum atomic E-state index is 9.47. The van der Waals surface area contributed by atoms with Crippen LogP contribution in [0.3, 0.4) is 0 Å². The first kappa shape index (κ1) is 13.2. The summed E-state index contributed by atoms with van der Waals surface area (Å²) in [4.78, 5) is 0. The average molecular weight is 203 g/mol. The molecule has 0 rings (SSSR count). The van der Waals surface area contributed by atoms with Crippen LogP contribution in [0.15, 0.2) is 5.16 Å². The highest BCUT2D eigenvalue weighted by molar-refractivity contribution is 5.85. The number of aliphatic hydroxyl groups is 1. The van der Waals surface area contributed by atoms with Crippen molar-refractivity contribution < 1.29 is 10.3 Å². The molecular formula is C9H21N3O2. The van der Waals surface area contributed by atoms with Gasteiger partial charge in [0.2, 0.25) is 0 Å². The minimum absolute atomic E-state index is 0.140. The molecule has 5 heteroatoms. The Labute approximate surface area is 85.0 Å². The number of nitrogens with two attached hydrogens (primary N) is 1. The van der Waals surface area contributed by atoms with E-state index in [2.05, 4.69) is 10.5 Å². The molecule has 0 heterocycles. The Morgan fingerprint density at radius 2 is 2.07 bits per heavy atom. The third-order valence-electron chi connectivity index (χ3n) is 2.47. The van der Waals surface area contributed by atoms with Gasteiger partial charge in [0.15, 0.2) is 5.84 Å². The minimum atomic E-state index is -0.511. The molecule has 0 saturated carbocycles. The van der Waals surface area contributed by atoms with Crippen LogP contribution >= 0.6 is 0 Å². The zero-order chi connectivity index (χ0) is 11.4.